The Hall–Kier alpha value is -1.85. The van der Waals surface area contributed by atoms with Crippen LogP contribution in [0.4, 0.5) is 0 Å². The molecule has 438 valence electrons. The topological polar surface area (TPSA) is 78.9 Å². The maximum atomic E-state index is 12.9. The van der Waals surface area contributed by atoms with Gasteiger partial charge in [0.05, 0.1) is 0 Å². The van der Waals surface area contributed by atoms with Gasteiger partial charge >= 0.3 is 17.9 Å². The molecule has 0 aliphatic carbocycles. The van der Waals surface area contributed by atoms with E-state index in [2.05, 4.69) is 32.9 Å². The second-order valence-corrected chi connectivity index (χ2v) is 23.1. The molecule has 0 rings (SSSR count). The second kappa shape index (κ2) is 63.7. The number of esters is 3. The highest BCUT2D eigenvalue weighted by atomic mass is 16.6. The quantitative estimate of drug-likeness (QED) is 0.0261. The normalized spacial score (nSPS) is 12.0. The van der Waals surface area contributed by atoms with Crippen LogP contribution in [0.25, 0.3) is 0 Å². The van der Waals surface area contributed by atoms with Crippen molar-refractivity contribution in [3.63, 3.8) is 0 Å². The van der Waals surface area contributed by atoms with Gasteiger partial charge in [0.25, 0.3) is 0 Å². The van der Waals surface area contributed by atoms with Crippen LogP contribution in [-0.2, 0) is 28.6 Å². The minimum Gasteiger partial charge on any atom is -0.462 e. The van der Waals surface area contributed by atoms with Crippen LogP contribution in [0.15, 0.2) is 12.2 Å². The zero-order valence-corrected chi connectivity index (χ0v) is 50.4. The molecule has 0 fully saturated rings. The van der Waals surface area contributed by atoms with Gasteiger partial charge in [0.2, 0.25) is 0 Å². The average Bonchev–Trinajstić information content (AvgIpc) is 3.40. The summed E-state index contributed by atoms with van der Waals surface area (Å²) in [5, 5.41) is 0. The van der Waals surface area contributed by atoms with E-state index in [1.54, 1.807) is 0 Å². The molecule has 0 spiro atoms. The summed E-state index contributed by atoms with van der Waals surface area (Å²) in [5.74, 6) is -0.847. The number of carbonyl (C=O) groups is 3. The Morgan fingerprint density at radius 2 is 0.473 bits per heavy atom. The van der Waals surface area contributed by atoms with Crippen molar-refractivity contribution in [2.45, 2.75) is 393 Å². The number of unbranched alkanes of at least 4 members (excludes halogenated alkanes) is 50. The Balaban J connectivity index is 4.11. The summed E-state index contributed by atoms with van der Waals surface area (Å²) in [4.78, 5) is 38.2. The second-order valence-electron chi connectivity index (χ2n) is 23.1. The summed E-state index contributed by atoms with van der Waals surface area (Å²) >= 11 is 0. The van der Waals surface area contributed by atoms with Gasteiger partial charge in [-0.1, -0.05) is 341 Å². The number of hydrogen-bond acceptors (Lipinski definition) is 6. The van der Waals surface area contributed by atoms with E-state index in [0.29, 0.717) is 19.3 Å². The van der Waals surface area contributed by atoms with Crippen molar-refractivity contribution < 1.29 is 28.6 Å². The van der Waals surface area contributed by atoms with Gasteiger partial charge in [-0.3, -0.25) is 14.4 Å². The van der Waals surface area contributed by atoms with E-state index in [-0.39, 0.29) is 31.1 Å². The van der Waals surface area contributed by atoms with E-state index in [9.17, 15) is 14.4 Å². The van der Waals surface area contributed by atoms with Crippen molar-refractivity contribution in [2.24, 2.45) is 0 Å². The number of ether oxygens (including phenoxy) is 3. The third-order valence-electron chi connectivity index (χ3n) is 15.5. The van der Waals surface area contributed by atoms with E-state index < -0.39 is 6.10 Å². The molecule has 0 radical (unpaired) electrons. The predicted molar refractivity (Wildman–Crippen MR) is 321 cm³/mol. The van der Waals surface area contributed by atoms with E-state index in [1.807, 2.05) is 0 Å². The highest BCUT2D eigenvalue weighted by Gasteiger charge is 2.19. The van der Waals surface area contributed by atoms with Crippen molar-refractivity contribution in [1.29, 1.82) is 0 Å². The molecule has 0 saturated heterocycles. The molecular formula is C68H130O6. The fourth-order valence-electron chi connectivity index (χ4n) is 10.5. The summed E-state index contributed by atoms with van der Waals surface area (Å²) in [5.41, 5.74) is 0. The van der Waals surface area contributed by atoms with Crippen molar-refractivity contribution in [3.05, 3.63) is 12.2 Å². The highest BCUT2D eigenvalue weighted by Crippen LogP contribution is 2.19. The third kappa shape index (κ3) is 61.0. The molecule has 0 aromatic carbocycles. The van der Waals surface area contributed by atoms with Crippen LogP contribution in [0.5, 0.6) is 0 Å². The first-order valence-corrected chi connectivity index (χ1v) is 33.7. The maximum Gasteiger partial charge on any atom is 0.306 e. The van der Waals surface area contributed by atoms with Gasteiger partial charge in [0, 0.05) is 19.3 Å². The average molecular weight is 1040 g/mol. The Labute approximate surface area is 462 Å². The van der Waals surface area contributed by atoms with Gasteiger partial charge in [-0.15, -0.1) is 0 Å². The highest BCUT2D eigenvalue weighted by molar-refractivity contribution is 5.71. The van der Waals surface area contributed by atoms with Crippen molar-refractivity contribution in [2.75, 3.05) is 13.2 Å². The van der Waals surface area contributed by atoms with Crippen molar-refractivity contribution >= 4 is 17.9 Å². The van der Waals surface area contributed by atoms with Crippen molar-refractivity contribution in [1.82, 2.24) is 0 Å². The summed E-state index contributed by atoms with van der Waals surface area (Å²) in [6, 6.07) is 0. The molecule has 6 heteroatoms. The summed E-state index contributed by atoms with van der Waals surface area (Å²) in [6.45, 7) is 6.65. The maximum absolute atomic E-state index is 12.9. The smallest absolute Gasteiger partial charge is 0.306 e. The third-order valence-corrected chi connectivity index (χ3v) is 15.5. The van der Waals surface area contributed by atoms with Crippen molar-refractivity contribution in [3.8, 4) is 0 Å². The predicted octanol–water partition coefficient (Wildman–Crippen LogP) is 22.8. The first-order chi connectivity index (χ1) is 36.5. The first-order valence-electron chi connectivity index (χ1n) is 33.7. The SMILES string of the molecule is CCC/C=C\CCCCCCCC(=O)OCC(COC(=O)CCCCCCCCCCCCCCCCCCCCCCCCCCCCC)OC(=O)CCCCCCCCCCCCCCCCCCCCC. The standard InChI is InChI=1S/C68H130O6/c1-4-7-10-13-16-19-22-24-26-28-30-31-32-33-34-35-36-37-39-40-42-44-46-49-52-55-58-61-67(70)73-64-65(63-72-66(69)60-57-54-51-48-21-18-15-12-9-6-3)74-68(71)62-59-56-53-50-47-45-43-41-38-29-27-25-23-20-17-14-11-8-5-2/h12,15,65H,4-11,13-14,16-64H2,1-3H3/b15-12-. The zero-order valence-electron chi connectivity index (χ0n) is 50.4. The number of allylic oxidation sites excluding steroid dienone is 2. The van der Waals surface area contributed by atoms with Crippen LogP contribution in [0.3, 0.4) is 0 Å². The molecule has 0 aliphatic rings. The van der Waals surface area contributed by atoms with Crippen LogP contribution in [0.1, 0.15) is 387 Å². The fourth-order valence-corrected chi connectivity index (χ4v) is 10.5. The molecule has 0 heterocycles. The van der Waals surface area contributed by atoms with Crippen LogP contribution in [0, 0.1) is 0 Å². The van der Waals surface area contributed by atoms with Crippen LogP contribution >= 0.6 is 0 Å². The summed E-state index contributed by atoms with van der Waals surface area (Å²) < 4.78 is 16.9. The molecule has 74 heavy (non-hydrogen) atoms. The van der Waals surface area contributed by atoms with E-state index >= 15 is 0 Å². The lowest BCUT2D eigenvalue weighted by Crippen LogP contribution is -2.30. The lowest BCUT2D eigenvalue weighted by atomic mass is 10.0. The van der Waals surface area contributed by atoms with Gasteiger partial charge in [-0.2, -0.15) is 0 Å². The number of carbonyl (C=O) groups excluding carboxylic acids is 3. The van der Waals surface area contributed by atoms with Gasteiger partial charge < -0.3 is 14.2 Å². The van der Waals surface area contributed by atoms with Crippen LogP contribution in [0.2, 0.25) is 0 Å². The van der Waals surface area contributed by atoms with Gasteiger partial charge in [-0.05, 0) is 38.5 Å². The monoisotopic (exact) mass is 1040 g/mol. The van der Waals surface area contributed by atoms with Gasteiger partial charge in [0.1, 0.15) is 13.2 Å². The molecule has 0 bridgehead atoms. The Morgan fingerprint density at radius 1 is 0.257 bits per heavy atom. The van der Waals surface area contributed by atoms with Crippen LogP contribution in [-0.4, -0.2) is 37.2 Å². The van der Waals surface area contributed by atoms with Crippen LogP contribution < -0.4 is 0 Å². The largest absolute Gasteiger partial charge is 0.462 e. The molecule has 0 amide bonds. The molecule has 0 aliphatic heterocycles. The lowest BCUT2D eigenvalue weighted by Gasteiger charge is -2.18. The summed E-state index contributed by atoms with van der Waals surface area (Å²) in [7, 11) is 0. The first kappa shape index (κ1) is 72.2. The molecule has 6 nitrogen and oxygen atoms in total. The van der Waals surface area contributed by atoms with Gasteiger partial charge in [-0.25, -0.2) is 0 Å². The minimum absolute atomic E-state index is 0.0662. The molecular weight excluding hydrogens is 913 g/mol. The molecule has 0 aromatic rings. The summed E-state index contributed by atoms with van der Waals surface area (Å²) in [6.07, 6.45) is 75.4. The number of hydrogen-bond donors (Lipinski definition) is 0. The molecule has 0 saturated carbocycles. The van der Waals surface area contributed by atoms with E-state index in [4.69, 9.17) is 14.2 Å². The fraction of sp³-hybridized carbons (Fsp3) is 0.926. The lowest BCUT2D eigenvalue weighted by molar-refractivity contribution is -0.167. The van der Waals surface area contributed by atoms with E-state index in [0.717, 1.165) is 70.6 Å². The minimum atomic E-state index is -0.768. The Morgan fingerprint density at radius 3 is 0.730 bits per heavy atom. The molecule has 1 atom stereocenters. The Kier molecular flexibility index (Phi) is 62.1. The number of rotatable bonds is 63. The van der Waals surface area contributed by atoms with Gasteiger partial charge in [0.15, 0.2) is 6.10 Å². The zero-order chi connectivity index (χ0) is 53.6. The molecule has 1 unspecified atom stereocenters. The van der Waals surface area contributed by atoms with E-state index in [1.165, 1.54) is 276 Å². The Bertz CT molecular complexity index is 1150. The molecule has 0 aromatic heterocycles. The molecule has 0 N–H and O–H groups in total.